The first kappa shape index (κ1) is 26.7. The number of nitrogens with one attached hydrogen (secondary N) is 1. The average Bonchev–Trinajstić information content (AvgIpc) is 2.88. The quantitative estimate of drug-likeness (QED) is 0.238. The van der Waals surface area contributed by atoms with E-state index in [4.69, 9.17) is 42.1 Å². The Morgan fingerprint density at radius 2 is 1.67 bits per heavy atom. The SMILES string of the molecule is CCOc1cc(/C=C(\C#N)C(=O)Nc2cc(OC)c(Cl)cc2OC)ccc1OCc1ccc(Cl)cc1. The summed E-state index contributed by atoms with van der Waals surface area (Å²) in [6, 6.07) is 17.5. The fraction of sp³-hybridized carbons (Fsp3) is 0.185. The van der Waals surface area contributed by atoms with Crippen LogP contribution >= 0.6 is 23.2 Å². The van der Waals surface area contributed by atoms with E-state index < -0.39 is 5.91 Å². The largest absolute Gasteiger partial charge is 0.495 e. The maximum absolute atomic E-state index is 12.9. The van der Waals surface area contributed by atoms with Crippen molar-refractivity contribution in [2.75, 3.05) is 26.1 Å². The van der Waals surface area contributed by atoms with Crippen LogP contribution in [0.15, 0.2) is 60.2 Å². The molecule has 0 atom stereocenters. The number of ether oxygens (including phenoxy) is 4. The lowest BCUT2D eigenvalue weighted by molar-refractivity contribution is -0.112. The standard InChI is InChI=1S/C27H24Cl2N2O5/c1-4-35-26-12-18(7-10-23(26)36-16-17-5-8-20(28)9-6-17)11-19(15-30)27(32)31-22-14-24(33-2)21(29)13-25(22)34-3/h5-14H,4,16H2,1-3H3,(H,31,32)/b19-11+. The highest BCUT2D eigenvalue weighted by molar-refractivity contribution is 6.32. The van der Waals surface area contributed by atoms with Gasteiger partial charge in [-0.25, -0.2) is 0 Å². The number of hydrogen-bond donors (Lipinski definition) is 1. The Morgan fingerprint density at radius 1 is 0.944 bits per heavy atom. The highest BCUT2D eigenvalue weighted by Crippen LogP contribution is 2.36. The van der Waals surface area contributed by atoms with Gasteiger partial charge in [0.15, 0.2) is 11.5 Å². The normalized spacial score (nSPS) is 10.8. The number of hydrogen-bond acceptors (Lipinski definition) is 6. The summed E-state index contributed by atoms with van der Waals surface area (Å²) in [5, 5.41) is 13.3. The van der Waals surface area contributed by atoms with Gasteiger partial charge in [0.25, 0.3) is 5.91 Å². The molecule has 0 saturated heterocycles. The van der Waals surface area contributed by atoms with Crippen molar-refractivity contribution < 1.29 is 23.7 Å². The van der Waals surface area contributed by atoms with E-state index in [-0.39, 0.29) is 5.57 Å². The third-order valence-corrected chi connectivity index (χ3v) is 5.52. The smallest absolute Gasteiger partial charge is 0.266 e. The fourth-order valence-corrected chi connectivity index (χ4v) is 3.56. The van der Waals surface area contributed by atoms with Gasteiger partial charge in [-0.2, -0.15) is 5.26 Å². The van der Waals surface area contributed by atoms with E-state index in [1.807, 2.05) is 25.1 Å². The van der Waals surface area contributed by atoms with E-state index in [9.17, 15) is 10.1 Å². The second kappa shape index (κ2) is 12.7. The van der Waals surface area contributed by atoms with E-state index >= 15 is 0 Å². The first-order valence-corrected chi connectivity index (χ1v) is 11.6. The van der Waals surface area contributed by atoms with Crippen molar-refractivity contribution in [3.8, 4) is 29.1 Å². The zero-order valence-electron chi connectivity index (χ0n) is 19.9. The van der Waals surface area contributed by atoms with Crippen molar-refractivity contribution in [3.63, 3.8) is 0 Å². The van der Waals surface area contributed by atoms with E-state index in [0.717, 1.165) is 5.56 Å². The Kier molecular flexibility index (Phi) is 9.46. The van der Waals surface area contributed by atoms with Gasteiger partial charge in [0.05, 0.1) is 31.5 Å². The van der Waals surface area contributed by atoms with Gasteiger partial charge in [-0.15, -0.1) is 0 Å². The van der Waals surface area contributed by atoms with Crippen LogP contribution in [0.2, 0.25) is 10.0 Å². The van der Waals surface area contributed by atoms with Crippen LogP contribution < -0.4 is 24.3 Å². The number of carbonyl (C=O) groups excluding carboxylic acids is 1. The van der Waals surface area contributed by atoms with Crippen LogP contribution in [0.4, 0.5) is 5.69 Å². The summed E-state index contributed by atoms with van der Waals surface area (Å²) >= 11 is 12.1. The van der Waals surface area contributed by atoms with Gasteiger partial charge < -0.3 is 24.3 Å². The van der Waals surface area contributed by atoms with Crippen LogP contribution in [0.25, 0.3) is 6.08 Å². The van der Waals surface area contributed by atoms with Gasteiger partial charge in [-0.3, -0.25) is 4.79 Å². The summed E-state index contributed by atoms with van der Waals surface area (Å²) in [6.45, 7) is 2.59. The number of benzene rings is 3. The lowest BCUT2D eigenvalue weighted by Gasteiger charge is -2.14. The molecule has 3 aromatic carbocycles. The molecular formula is C27H24Cl2N2O5. The average molecular weight is 527 g/mol. The molecule has 0 aromatic heterocycles. The minimum absolute atomic E-state index is 0.122. The van der Waals surface area contributed by atoms with Crippen LogP contribution in [0, 0.1) is 11.3 Å². The zero-order valence-corrected chi connectivity index (χ0v) is 21.4. The van der Waals surface area contributed by atoms with E-state index in [1.165, 1.54) is 32.4 Å². The molecule has 0 aliphatic carbocycles. The van der Waals surface area contributed by atoms with Crippen molar-refractivity contribution in [1.82, 2.24) is 0 Å². The second-order valence-corrected chi connectivity index (χ2v) is 8.21. The molecule has 0 radical (unpaired) electrons. The number of carbonyl (C=O) groups is 1. The van der Waals surface area contributed by atoms with Crippen LogP contribution in [0.1, 0.15) is 18.1 Å². The predicted octanol–water partition coefficient (Wildman–Crippen LogP) is 6.53. The van der Waals surface area contributed by atoms with Gasteiger partial charge in [0.2, 0.25) is 0 Å². The molecule has 0 fully saturated rings. The van der Waals surface area contributed by atoms with Gasteiger partial charge >= 0.3 is 0 Å². The fourth-order valence-electron chi connectivity index (χ4n) is 3.21. The number of rotatable bonds is 10. The summed E-state index contributed by atoms with van der Waals surface area (Å²) in [6.07, 6.45) is 1.46. The highest BCUT2D eigenvalue weighted by Gasteiger charge is 2.16. The molecule has 0 spiro atoms. The number of halogens is 2. The molecule has 186 valence electrons. The van der Waals surface area contributed by atoms with Crippen LogP contribution in [-0.4, -0.2) is 26.7 Å². The molecule has 36 heavy (non-hydrogen) atoms. The molecule has 3 rings (SSSR count). The van der Waals surface area contributed by atoms with Crippen LogP contribution in [-0.2, 0) is 11.4 Å². The Morgan fingerprint density at radius 3 is 2.31 bits per heavy atom. The zero-order chi connectivity index (χ0) is 26.1. The van der Waals surface area contributed by atoms with Crippen LogP contribution in [0.3, 0.4) is 0 Å². The minimum atomic E-state index is -0.624. The molecule has 9 heteroatoms. The molecule has 0 aliphatic rings. The molecule has 0 aliphatic heterocycles. The number of amides is 1. The monoisotopic (exact) mass is 526 g/mol. The first-order chi connectivity index (χ1) is 17.4. The summed E-state index contributed by atoms with van der Waals surface area (Å²) in [5.74, 6) is 1.08. The van der Waals surface area contributed by atoms with Gasteiger partial charge in [0.1, 0.15) is 29.7 Å². The third-order valence-electron chi connectivity index (χ3n) is 4.97. The maximum Gasteiger partial charge on any atom is 0.266 e. The Balaban J connectivity index is 1.82. The summed E-state index contributed by atoms with van der Waals surface area (Å²) in [7, 11) is 2.90. The molecule has 0 bridgehead atoms. The van der Waals surface area contributed by atoms with E-state index in [0.29, 0.717) is 57.5 Å². The van der Waals surface area contributed by atoms with Crippen molar-refractivity contribution in [2.45, 2.75) is 13.5 Å². The topological polar surface area (TPSA) is 89.8 Å². The maximum atomic E-state index is 12.9. The van der Waals surface area contributed by atoms with E-state index in [1.54, 1.807) is 30.3 Å². The Bertz CT molecular complexity index is 1300. The minimum Gasteiger partial charge on any atom is -0.495 e. The molecule has 3 aromatic rings. The molecule has 7 nitrogen and oxygen atoms in total. The van der Waals surface area contributed by atoms with Crippen molar-refractivity contribution in [1.29, 1.82) is 5.26 Å². The number of nitriles is 1. The Hall–Kier alpha value is -3.86. The lowest BCUT2D eigenvalue weighted by Crippen LogP contribution is -2.14. The number of nitrogens with zero attached hydrogens (tertiary/aromatic N) is 1. The lowest BCUT2D eigenvalue weighted by atomic mass is 10.1. The molecule has 0 saturated carbocycles. The molecule has 1 N–H and O–H groups in total. The van der Waals surface area contributed by atoms with Crippen molar-refractivity contribution >= 4 is 40.9 Å². The third kappa shape index (κ3) is 6.85. The number of methoxy groups -OCH3 is 2. The number of anilines is 1. The summed E-state index contributed by atoms with van der Waals surface area (Å²) < 4.78 is 22.1. The molecular weight excluding hydrogens is 503 g/mol. The molecule has 0 heterocycles. The van der Waals surface area contributed by atoms with Crippen LogP contribution in [0.5, 0.6) is 23.0 Å². The molecule has 1 amide bonds. The predicted molar refractivity (Wildman–Crippen MR) is 140 cm³/mol. The van der Waals surface area contributed by atoms with Gasteiger partial charge in [-0.1, -0.05) is 41.4 Å². The van der Waals surface area contributed by atoms with E-state index in [2.05, 4.69) is 5.32 Å². The summed E-state index contributed by atoms with van der Waals surface area (Å²) in [5.41, 5.74) is 1.72. The van der Waals surface area contributed by atoms with Gasteiger partial charge in [-0.05, 0) is 48.4 Å². The van der Waals surface area contributed by atoms with Crippen molar-refractivity contribution in [3.05, 3.63) is 81.3 Å². The second-order valence-electron chi connectivity index (χ2n) is 7.37. The first-order valence-electron chi connectivity index (χ1n) is 10.9. The van der Waals surface area contributed by atoms with Gasteiger partial charge in [0, 0.05) is 17.2 Å². The van der Waals surface area contributed by atoms with Crippen molar-refractivity contribution in [2.24, 2.45) is 0 Å². The Labute approximate surface area is 219 Å². The molecule has 0 unspecified atom stereocenters. The highest BCUT2D eigenvalue weighted by atomic mass is 35.5. The summed E-state index contributed by atoms with van der Waals surface area (Å²) in [4.78, 5) is 12.9.